The Morgan fingerprint density at radius 1 is 1.17 bits per heavy atom. The van der Waals surface area contributed by atoms with E-state index >= 15 is 0 Å². The molecular weight excluding hydrogens is 383 g/mol. The molecule has 1 aromatic rings. The van der Waals surface area contributed by atoms with E-state index in [9.17, 15) is 26.3 Å². The first-order valence-corrected chi connectivity index (χ1v) is 5.20. The van der Waals surface area contributed by atoms with Crippen molar-refractivity contribution < 1.29 is 35.8 Å². The summed E-state index contributed by atoms with van der Waals surface area (Å²) in [5.41, 5.74) is -1.25. The maximum atomic E-state index is 12.6. The fraction of sp³-hybridized carbons (Fsp3) is 0.375. The van der Waals surface area contributed by atoms with Crippen molar-refractivity contribution in [3.05, 3.63) is 15.2 Å². The number of pyridine rings is 1. The summed E-state index contributed by atoms with van der Waals surface area (Å²) in [7, 11) is 0.866. The molecule has 0 aliphatic heterocycles. The molecule has 0 aliphatic carbocycles. The predicted molar refractivity (Wildman–Crippen MR) is 55.2 cm³/mol. The van der Waals surface area contributed by atoms with Gasteiger partial charge in [-0.3, -0.25) is 0 Å². The Kier molecular flexibility index (Phi) is 4.18. The zero-order valence-corrected chi connectivity index (χ0v) is 10.6. The van der Waals surface area contributed by atoms with Gasteiger partial charge in [0.25, 0.3) is 0 Å². The lowest BCUT2D eigenvalue weighted by Crippen LogP contribution is -2.19. The fourth-order valence-electron chi connectivity index (χ4n) is 1.05. The molecule has 0 amide bonds. The lowest BCUT2D eigenvalue weighted by atomic mass is 10.2. The molecule has 3 nitrogen and oxygen atoms in total. The largest absolute Gasteiger partial charge is 0.574 e. The fourth-order valence-corrected chi connectivity index (χ4v) is 1.85. The molecule has 0 bridgehead atoms. The van der Waals surface area contributed by atoms with Crippen LogP contribution in [0.1, 0.15) is 5.56 Å². The van der Waals surface area contributed by atoms with Gasteiger partial charge in [0.05, 0.1) is 7.11 Å². The molecule has 0 fully saturated rings. The highest BCUT2D eigenvalue weighted by molar-refractivity contribution is 14.1. The third-order valence-electron chi connectivity index (χ3n) is 1.61. The molecule has 1 heterocycles. The van der Waals surface area contributed by atoms with Crippen molar-refractivity contribution >= 4 is 22.6 Å². The number of hydrogen-bond acceptors (Lipinski definition) is 3. The van der Waals surface area contributed by atoms with Gasteiger partial charge in [0.2, 0.25) is 11.8 Å². The first-order valence-electron chi connectivity index (χ1n) is 4.12. The molecule has 10 heteroatoms. The highest BCUT2D eigenvalue weighted by Gasteiger charge is 2.39. The molecule has 0 N–H and O–H groups in total. The van der Waals surface area contributed by atoms with Gasteiger partial charge in [-0.1, -0.05) is 0 Å². The van der Waals surface area contributed by atoms with Crippen LogP contribution in [0.2, 0.25) is 0 Å². The van der Waals surface area contributed by atoms with E-state index in [0.717, 1.165) is 7.11 Å². The van der Waals surface area contributed by atoms with Gasteiger partial charge in [-0.25, -0.2) is 0 Å². The average Bonchev–Trinajstić information content (AvgIpc) is 2.11. The van der Waals surface area contributed by atoms with Crippen LogP contribution < -0.4 is 9.47 Å². The van der Waals surface area contributed by atoms with E-state index in [1.54, 1.807) is 0 Å². The van der Waals surface area contributed by atoms with Gasteiger partial charge in [0.1, 0.15) is 5.56 Å². The molecule has 18 heavy (non-hydrogen) atoms. The second-order valence-electron chi connectivity index (χ2n) is 2.87. The van der Waals surface area contributed by atoms with Crippen molar-refractivity contribution in [3.8, 4) is 11.8 Å². The highest BCUT2D eigenvalue weighted by Crippen LogP contribution is 2.40. The van der Waals surface area contributed by atoms with E-state index in [0.29, 0.717) is 6.07 Å². The molecule has 0 aromatic carbocycles. The summed E-state index contributed by atoms with van der Waals surface area (Å²) in [6, 6.07) is 0.527. The van der Waals surface area contributed by atoms with Crippen LogP contribution >= 0.6 is 22.6 Å². The van der Waals surface area contributed by atoms with Gasteiger partial charge in [0, 0.05) is 9.64 Å². The quantitative estimate of drug-likeness (QED) is 0.574. The van der Waals surface area contributed by atoms with Crippen LogP contribution in [0.15, 0.2) is 6.07 Å². The Morgan fingerprint density at radius 3 is 2.11 bits per heavy atom. The van der Waals surface area contributed by atoms with Crippen LogP contribution in [0.5, 0.6) is 11.8 Å². The van der Waals surface area contributed by atoms with Crippen LogP contribution in [0.4, 0.5) is 26.3 Å². The average molecular weight is 387 g/mol. The van der Waals surface area contributed by atoms with Crippen LogP contribution in [0, 0.1) is 3.57 Å². The van der Waals surface area contributed by atoms with Gasteiger partial charge in [-0.2, -0.15) is 18.2 Å². The number of nitrogens with zero attached hydrogens (tertiary/aromatic N) is 1. The normalized spacial score (nSPS) is 12.4. The van der Waals surface area contributed by atoms with E-state index in [1.807, 2.05) is 0 Å². The summed E-state index contributed by atoms with van der Waals surface area (Å²) in [4.78, 5) is 3.01. The minimum absolute atomic E-state index is 0.508. The minimum Gasteiger partial charge on any atom is -0.480 e. The summed E-state index contributed by atoms with van der Waals surface area (Å²) in [6.07, 6.45) is -9.83. The van der Waals surface area contributed by atoms with Crippen LogP contribution in [-0.4, -0.2) is 18.5 Å². The zero-order chi connectivity index (χ0) is 14.1. The topological polar surface area (TPSA) is 31.4 Å². The predicted octanol–water partition coefficient (Wildman–Crippen LogP) is 3.61. The van der Waals surface area contributed by atoms with Crippen molar-refractivity contribution in [2.75, 3.05) is 7.11 Å². The van der Waals surface area contributed by atoms with E-state index in [4.69, 9.17) is 0 Å². The Labute approximate surface area is 110 Å². The van der Waals surface area contributed by atoms with E-state index in [-0.39, 0.29) is 0 Å². The number of methoxy groups -OCH3 is 1. The van der Waals surface area contributed by atoms with Crippen LogP contribution in [0.25, 0.3) is 0 Å². The molecule has 0 unspecified atom stereocenters. The Balaban J connectivity index is 3.28. The monoisotopic (exact) mass is 387 g/mol. The first-order chi connectivity index (χ1) is 8.04. The molecule has 0 atom stereocenters. The van der Waals surface area contributed by atoms with Crippen LogP contribution in [-0.2, 0) is 6.18 Å². The Bertz CT molecular complexity index is 444. The second-order valence-corrected chi connectivity index (χ2v) is 4.03. The molecule has 0 saturated heterocycles. The smallest absolute Gasteiger partial charge is 0.480 e. The number of alkyl halides is 6. The summed E-state index contributed by atoms with van der Waals surface area (Å²) in [5.74, 6) is -2.00. The molecule has 0 radical (unpaired) electrons. The molecule has 0 aliphatic rings. The molecule has 1 aromatic heterocycles. The van der Waals surface area contributed by atoms with Gasteiger partial charge < -0.3 is 9.47 Å². The number of rotatable bonds is 2. The molecule has 0 saturated carbocycles. The van der Waals surface area contributed by atoms with Gasteiger partial charge in [0.15, 0.2) is 0 Å². The van der Waals surface area contributed by atoms with Crippen LogP contribution in [0.3, 0.4) is 0 Å². The number of ether oxygens (including phenoxy) is 2. The van der Waals surface area contributed by atoms with Gasteiger partial charge in [-0.15, -0.1) is 13.2 Å². The van der Waals surface area contributed by atoms with Crippen molar-refractivity contribution in [2.24, 2.45) is 0 Å². The maximum absolute atomic E-state index is 12.6. The summed E-state index contributed by atoms with van der Waals surface area (Å²) in [5, 5.41) is 0. The molecule has 1 rings (SSSR count). The van der Waals surface area contributed by atoms with Gasteiger partial charge in [-0.05, 0) is 22.6 Å². The third kappa shape index (κ3) is 3.78. The molecular formula is C8H4F6INO2. The third-order valence-corrected chi connectivity index (χ3v) is 2.46. The number of halogens is 7. The summed E-state index contributed by atoms with van der Waals surface area (Å²) in [6.45, 7) is 0. The van der Waals surface area contributed by atoms with E-state index in [1.165, 1.54) is 22.6 Å². The standard InChI is InChI=1S/C8H4F6INO2/c1-17-6-5(7(9,10)11)3(15)2-4(16-6)18-8(12,13)14/h2H,1H3. The van der Waals surface area contributed by atoms with E-state index in [2.05, 4.69) is 14.5 Å². The zero-order valence-electron chi connectivity index (χ0n) is 8.49. The highest BCUT2D eigenvalue weighted by atomic mass is 127. The Morgan fingerprint density at radius 2 is 1.72 bits per heavy atom. The first kappa shape index (κ1) is 15.1. The lowest BCUT2D eigenvalue weighted by Gasteiger charge is -2.15. The van der Waals surface area contributed by atoms with E-state index < -0.39 is 33.4 Å². The second kappa shape index (κ2) is 4.97. The molecule has 102 valence electrons. The van der Waals surface area contributed by atoms with Gasteiger partial charge >= 0.3 is 12.5 Å². The number of hydrogen-bond donors (Lipinski definition) is 0. The SMILES string of the molecule is COc1nc(OC(F)(F)F)cc(I)c1C(F)(F)F. The summed E-state index contributed by atoms with van der Waals surface area (Å²) >= 11 is 1.22. The minimum atomic E-state index is -5.04. The van der Waals surface area contributed by atoms with Crippen molar-refractivity contribution in [3.63, 3.8) is 0 Å². The maximum Gasteiger partial charge on any atom is 0.574 e. The Hall–Kier alpha value is -0.940. The summed E-state index contributed by atoms with van der Waals surface area (Å²) < 4.78 is 80.7. The number of aromatic nitrogens is 1. The van der Waals surface area contributed by atoms with Crippen molar-refractivity contribution in [1.29, 1.82) is 0 Å². The molecule has 0 spiro atoms. The lowest BCUT2D eigenvalue weighted by molar-refractivity contribution is -0.276. The van der Waals surface area contributed by atoms with Crippen molar-refractivity contribution in [1.82, 2.24) is 4.98 Å². The van der Waals surface area contributed by atoms with Crippen molar-refractivity contribution in [2.45, 2.75) is 12.5 Å².